The van der Waals surface area contributed by atoms with Gasteiger partial charge in [0.25, 0.3) is 0 Å². The van der Waals surface area contributed by atoms with Crippen LogP contribution in [-0.2, 0) is 19.6 Å². The molecule has 1 saturated heterocycles. The first-order valence-corrected chi connectivity index (χ1v) is 8.69. The van der Waals surface area contributed by atoms with E-state index in [0.29, 0.717) is 39.0 Å². The number of hydrogen-bond donors (Lipinski definition) is 2. The largest absolute Gasteiger partial charge is 0.385 e. The number of methoxy groups -OCH3 is 1. The number of rotatable bonds is 7. The Morgan fingerprint density at radius 1 is 1.45 bits per heavy atom. The summed E-state index contributed by atoms with van der Waals surface area (Å²) in [4.78, 5) is 11.9. The average Bonchev–Trinajstić information content (AvgIpc) is 2.38. The van der Waals surface area contributed by atoms with Gasteiger partial charge in [0, 0.05) is 32.8 Å². The second-order valence-corrected chi connectivity index (χ2v) is 7.17. The van der Waals surface area contributed by atoms with Gasteiger partial charge >= 0.3 is 0 Å². The van der Waals surface area contributed by atoms with E-state index in [9.17, 15) is 13.2 Å². The Morgan fingerprint density at radius 2 is 2.05 bits per heavy atom. The minimum atomic E-state index is -3.13. The molecule has 0 aromatic rings. The summed E-state index contributed by atoms with van der Waals surface area (Å²) in [5.74, 6) is -0.168. The highest BCUT2D eigenvalue weighted by atomic mass is 32.2. The number of carbonyl (C=O) groups is 1. The van der Waals surface area contributed by atoms with Gasteiger partial charge in [0.15, 0.2) is 0 Å². The Balaban J connectivity index is 2.31. The zero-order valence-corrected chi connectivity index (χ0v) is 13.0. The summed E-state index contributed by atoms with van der Waals surface area (Å²) in [6, 6.07) is -0.521. The lowest BCUT2D eigenvalue weighted by Crippen LogP contribution is -2.50. The fourth-order valence-electron chi connectivity index (χ4n) is 2.22. The summed E-state index contributed by atoms with van der Waals surface area (Å²) in [6.45, 7) is 1.49. The van der Waals surface area contributed by atoms with Gasteiger partial charge in [0.05, 0.1) is 12.3 Å². The van der Waals surface area contributed by atoms with Gasteiger partial charge in [0.1, 0.15) is 0 Å². The van der Waals surface area contributed by atoms with Gasteiger partial charge in [-0.1, -0.05) is 0 Å². The van der Waals surface area contributed by atoms with Crippen LogP contribution in [0.15, 0.2) is 0 Å². The Bertz CT molecular complexity index is 405. The third kappa shape index (κ3) is 5.74. The molecule has 1 atom stereocenters. The number of piperidine rings is 1. The summed E-state index contributed by atoms with van der Waals surface area (Å²) in [6.07, 6.45) is 3.80. The zero-order chi connectivity index (χ0) is 15.2. The van der Waals surface area contributed by atoms with E-state index < -0.39 is 16.1 Å². The van der Waals surface area contributed by atoms with Crippen molar-refractivity contribution in [1.82, 2.24) is 9.62 Å². The summed E-state index contributed by atoms with van der Waals surface area (Å²) in [5, 5.41) is 2.89. The molecular formula is C12H25N3O4S. The third-order valence-corrected chi connectivity index (χ3v) is 4.77. The second kappa shape index (κ2) is 7.92. The lowest BCUT2D eigenvalue weighted by molar-refractivity contribution is -0.123. The first kappa shape index (κ1) is 17.4. The predicted molar refractivity (Wildman–Crippen MR) is 76.7 cm³/mol. The van der Waals surface area contributed by atoms with Crippen molar-refractivity contribution in [3.63, 3.8) is 0 Å². The highest BCUT2D eigenvalue weighted by molar-refractivity contribution is 7.88. The van der Waals surface area contributed by atoms with Crippen LogP contribution in [0, 0.1) is 0 Å². The topological polar surface area (TPSA) is 102 Å². The van der Waals surface area contributed by atoms with Gasteiger partial charge in [-0.15, -0.1) is 0 Å². The van der Waals surface area contributed by atoms with Crippen molar-refractivity contribution in [2.24, 2.45) is 5.73 Å². The van der Waals surface area contributed by atoms with Crippen LogP contribution < -0.4 is 11.1 Å². The molecule has 0 aliphatic carbocycles. The van der Waals surface area contributed by atoms with Crippen LogP contribution in [0.25, 0.3) is 0 Å². The molecule has 1 rings (SSSR count). The van der Waals surface area contributed by atoms with E-state index in [-0.39, 0.29) is 11.9 Å². The predicted octanol–water partition coefficient (Wildman–Crippen LogP) is -0.719. The van der Waals surface area contributed by atoms with E-state index in [0.717, 1.165) is 6.42 Å². The molecule has 1 amide bonds. The Morgan fingerprint density at radius 3 is 2.55 bits per heavy atom. The van der Waals surface area contributed by atoms with Crippen LogP contribution in [0.2, 0.25) is 0 Å². The van der Waals surface area contributed by atoms with Gasteiger partial charge in [-0.2, -0.15) is 0 Å². The fraction of sp³-hybridized carbons (Fsp3) is 0.917. The van der Waals surface area contributed by atoms with Crippen molar-refractivity contribution in [2.75, 3.05) is 33.1 Å². The molecule has 1 aliphatic rings. The highest BCUT2D eigenvalue weighted by Crippen LogP contribution is 2.13. The molecular weight excluding hydrogens is 282 g/mol. The Kier molecular flexibility index (Phi) is 6.87. The number of carbonyl (C=O) groups excluding carboxylic acids is 1. The van der Waals surface area contributed by atoms with Crippen molar-refractivity contribution in [3.8, 4) is 0 Å². The van der Waals surface area contributed by atoms with Crippen LogP contribution in [0.3, 0.4) is 0 Å². The van der Waals surface area contributed by atoms with Crippen molar-refractivity contribution < 1.29 is 17.9 Å². The van der Waals surface area contributed by atoms with E-state index in [2.05, 4.69) is 5.32 Å². The molecule has 1 heterocycles. The molecule has 1 fully saturated rings. The summed E-state index contributed by atoms with van der Waals surface area (Å²) < 4.78 is 29.1. The Hall–Kier alpha value is -0.700. The van der Waals surface area contributed by atoms with Crippen LogP contribution in [-0.4, -0.2) is 63.8 Å². The SMILES string of the molecule is COCCCC(N)C(=O)NC1CCN(S(C)(=O)=O)CC1. The van der Waals surface area contributed by atoms with Crippen LogP contribution in [0.4, 0.5) is 0 Å². The second-order valence-electron chi connectivity index (χ2n) is 5.19. The molecule has 1 unspecified atom stereocenters. The van der Waals surface area contributed by atoms with E-state index in [1.54, 1.807) is 7.11 Å². The van der Waals surface area contributed by atoms with Gasteiger partial charge in [-0.3, -0.25) is 4.79 Å². The number of ether oxygens (including phenoxy) is 1. The normalized spacial score (nSPS) is 19.8. The molecule has 1 aliphatic heterocycles. The summed E-state index contributed by atoms with van der Waals surface area (Å²) in [5.41, 5.74) is 5.80. The molecule has 20 heavy (non-hydrogen) atoms. The standard InChI is InChI=1S/C12H25N3O4S/c1-19-9-3-4-11(13)12(16)14-10-5-7-15(8-6-10)20(2,17)18/h10-11H,3-9,13H2,1-2H3,(H,14,16). The lowest BCUT2D eigenvalue weighted by Gasteiger charge is -2.31. The summed E-state index contributed by atoms with van der Waals surface area (Å²) in [7, 11) is -1.51. The number of sulfonamides is 1. The summed E-state index contributed by atoms with van der Waals surface area (Å²) >= 11 is 0. The molecule has 8 heteroatoms. The maximum Gasteiger partial charge on any atom is 0.237 e. The number of hydrogen-bond acceptors (Lipinski definition) is 5. The van der Waals surface area contributed by atoms with Crippen molar-refractivity contribution in [3.05, 3.63) is 0 Å². The molecule has 7 nitrogen and oxygen atoms in total. The highest BCUT2D eigenvalue weighted by Gasteiger charge is 2.26. The van der Waals surface area contributed by atoms with Crippen molar-refractivity contribution in [2.45, 2.75) is 37.8 Å². The zero-order valence-electron chi connectivity index (χ0n) is 12.2. The molecule has 0 aromatic heterocycles. The van der Waals surface area contributed by atoms with E-state index in [1.165, 1.54) is 10.6 Å². The van der Waals surface area contributed by atoms with Crippen LogP contribution >= 0.6 is 0 Å². The monoisotopic (exact) mass is 307 g/mol. The number of nitrogens with zero attached hydrogens (tertiary/aromatic N) is 1. The van der Waals surface area contributed by atoms with Gasteiger partial charge < -0.3 is 15.8 Å². The molecule has 0 spiro atoms. The maximum atomic E-state index is 11.9. The van der Waals surface area contributed by atoms with Gasteiger partial charge in [-0.05, 0) is 25.7 Å². The van der Waals surface area contributed by atoms with Crippen LogP contribution in [0.1, 0.15) is 25.7 Å². The van der Waals surface area contributed by atoms with E-state index in [1.807, 2.05) is 0 Å². The molecule has 0 radical (unpaired) electrons. The fourth-order valence-corrected chi connectivity index (χ4v) is 3.09. The first-order valence-electron chi connectivity index (χ1n) is 6.84. The average molecular weight is 307 g/mol. The molecule has 0 aromatic carbocycles. The van der Waals surface area contributed by atoms with Crippen molar-refractivity contribution >= 4 is 15.9 Å². The van der Waals surface area contributed by atoms with E-state index in [4.69, 9.17) is 10.5 Å². The first-order chi connectivity index (χ1) is 9.34. The Labute approximate surface area is 120 Å². The maximum absolute atomic E-state index is 11.9. The van der Waals surface area contributed by atoms with Gasteiger partial charge in [-0.25, -0.2) is 12.7 Å². The smallest absolute Gasteiger partial charge is 0.237 e. The minimum absolute atomic E-state index is 0.00831. The number of nitrogens with one attached hydrogen (secondary N) is 1. The molecule has 0 saturated carbocycles. The van der Waals surface area contributed by atoms with Crippen LogP contribution in [0.5, 0.6) is 0 Å². The minimum Gasteiger partial charge on any atom is -0.385 e. The third-order valence-electron chi connectivity index (χ3n) is 3.47. The molecule has 118 valence electrons. The molecule has 0 bridgehead atoms. The molecule has 3 N–H and O–H groups in total. The van der Waals surface area contributed by atoms with Crippen molar-refractivity contribution in [1.29, 1.82) is 0 Å². The van der Waals surface area contributed by atoms with E-state index >= 15 is 0 Å². The quantitative estimate of drug-likeness (QED) is 0.604. The number of nitrogens with two attached hydrogens (primary N) is 1. The van der Waals surface area contributed by atoms with Gasteiger partial charge in [0.2, 0.25) is 15.9 Å². The number of amides is 1. The lowest BCUT2D eigenvalue weighted by atomic mass is 10.1.